The van der Waals surface area contributed by atoms with Crippen molar-refractivity contribution >= 4 is 11.8 Å². The van der Waals surface area contributed by atoms with Crippen molar-refractivity contribution in [3.05, 3.63) is 64.5 Å². The summed E-state index contributed by atoms with van der Waals surface area (Å²) in [5, 5.41) is 8.99. The molecule has 2 N–H and O–H groups in total. The Bertz CT molecular complexity index is 940. The molecule has 2 aromatic carbocycles. The molecule has 0 spiro atoms. The molecule has 3 aromatic rings. The van der Waals surface area contributed by atoms with Gasteiger partial charge >= 0.3 is 0 Å². The molecule has 0 unspecified atom stereocenters. The first kappa shape index (κ1) is 19.1. The molecule has 0 saturated carbocycles. The number of nitrogen functional groups attached to an aromatic ring is 1. The lowest BCUT2D eigenvalue weighted by Gasteiger charge is -2.10. The van der Waals surface area contributed by atoms with Crippen LogP contribution in [0.5, 0.6) is 11.5 Å². The normalized spacial score (nSPS) is 10.8. The minimum Gasteiger partial charge on any atom is -0.496 e. The van der Waals surface area contributed by atoms with E-state index in [-0.39, 0.29) is 6.61 Å². The van der Waals surface area contributed by atoms with Gasteiger partial charge in [0.05, 0.1) is 7.11 Å². The molecule has 0 amide bonds. The van der Waals surface area contributed by atoms with E-state index in [0.717, 1.165) is 22.6 Å². The third-order valence-corrected chi connectivity index (χ3v) is 5.21. The zero-order valence-corrected chi connectivity index (χ0v) is 16.8. The Balaban J connectivity index is 1.66. The predicted molar refractivity (Wildman–Crippen MR) is 108 cm³/mol. The van der Waals surface area contributed by atoms with E-state index in [9.17, 15) is 0 Å². The maximum atomic E-state index is 6.15. The van der Waals surface area contributed by atoms with E-state index in [0.29, 0.717) is 16.7 Å². The molecule has 0 bridgehead atoms. The van der Waals surface area contributed by atoms with Gasteiger partial charge in [-0.05, 0) is 38.5 Å². The van der Waals surface area contributed by atoms with Crippen molar-refractivity contribution in [2.75, 3.05) is 13.0 Å². The first-order valence-electron chi connectivity index (χ1n) is 8.63. The van der Waals surface area contributed by atoms with Gasteiger partial charge in [-0.25, -0.2) is 4.68 Å². The van der Waals surface area contributed by atoms with Crippen LogP contribution >= 0.6 is 11.8 Å². The number of nitrogens with two attached hydrogens (primary N) is 1. The third-order valence-electron chi connectivity index (χ3n) is 4.22. The van der Waals surface area contributed by atoms with Crippen LogP contribution in [0.1, 0.15) is 28.1 Å². The highest BCUT2D eigenvalue weighted by Crippen LogP contribution is 2.28. The molecular formula is C20H24N4O2S. The van der Waals surface area contributed by atoms with E-state index in [1.54, 1.807) is 7.11 Å². The highest BCUT2D eigenvalue weighted by Gasteiger charge is 2.13. The SMILES string of the molecule is COc1ccc(C)cc1CSc1nnc(COc2ccc(C)cc2C)n1N. The second-order valence-electron chi connectivity index (χ2n) is 6.43. The molecule has 0 saturated heterocycles. The number of methoxy groups -OCH3 is 1. The van der Waals surface area contributed by atoms with Gasteiger partial charge < -0.3 is 15.3 Å². The molecule has 0 aliphatic rings. The van der Waals surface area contributed by atoms with Gasteiger partial charge in [0.1, 0.15) is 18.1 Å². The summed E-state index contributed by atoms with van der Waals surface area (Å²) in [5.41, 5.74) is 4.56. The molecule has 0 aliphatic heterocycles. The molecule has 142 valence electrons. The molecule has 1 heterocycles. The van der Waals surface area contributed by atoms with Gasteiger partial charge in [-0.3, -0.25) is 0 Å². The van der Waals surface area contributed by atoms with Gasteiger partial charge in [0, 0.05) is 11.3 Å². The van der Waals surface area contributed by atoms with E-state index in [4.69, 9.17) is 15.3 Å². The number of nitrogens with zero attached hydrogens (tertiary/aromatic N) is 3. The minimum absolute atomic E-state index is 0.266. The number of aromatic nitrogens is 3. The van der Waals surface area contributed by atoms with Gasteiger partial charge in [0.15, 0.2) is 5.82 Å². The Morgan fingerprint density at radius 2 is 1.70 bits per heavy atom. The quantitative estimate of drug-likeness (QED) is 0.493. The van der Waals surface area contributed by atoms with Gasteiger partial charge in [-0.2, -0.15) is 0 Å². The van der Waals surface area contributed by atoms with Gasteiger partial charge in [-0.1, -0.05) is 47.2 Å². The summed E-state index contributed by atoms with van der Waals surface area (Å²) in [6, 6.07) is 12.2. The summed E-state index contributed by atoms with van der Waals surface area (Å²) in [7, 11) is 1.67. The topological polar surface area (TPSA) is 75.2 Å². The standard InChI is InChI=1S/C20H24N4O2S/c1-13-5-7-17(15(3)9-13)26-11-19-22-23-20(24(19)21)27-12-16-10-14(2)6-8-18(16)25-4/h5-10H,11-12,21H2,1-4H3. The fourth-order valence-electron chi connectivity index (χ4n) is 2.77. The van der Waals surface area contributed by atoms with Gasteiger partial charge in [-0.15, -0.1) is 10.2 Å². The highest BCUT2D eigenvalue weighted by molar-refractivity contribution is 7.98. The fraction of sp³-hybridized carbons (Fsp3) is 0.300. The largest absolute Gasteiger partial charge is 0.496 e. The van der Waals surface area contributed by atoms with Crippen LogP contribution in [0.2, 0.25) is 0 Å². The van der Waals surface area contributed by atoms with E-state index in [1.807, 2.05) is 31.2 Å². The van der Waals surface area contributed by atoms with E-state index in [2.05, 4.69) is 36.2 Å². The Morgan fingerprint density at radius 1 is 1.00 bits per heavy atom. The number of rotatable bonds is 7. The monoisotopic (exact) mass is 384 g/mol. The third kappa shape index (κ3) is 4.54. The fourth-order valence-corrected chi connectivity index (χ4v) is 3.62. The number of benzene rings is 2. The second kappa shape index (κ2) is 8.35. The van der Waals surface area contributed by atoms with Crippen molar-refractivity contribution in [2.45, 2.75) is 38.3 Å². The lowest BCUT2D eigenvalue weighted by atomic mass is 10.1. The van der Waals surface area contributed by atoms with Crippen LogP contribution in [0.4, 0.5) is 0 Å². The lowest BCUT2D eigenvalue weighted by Crippen LogP contribution is -2.16. The number of ether oxygens (including phenoxy) is 2. The van der Waals surface area contributed by atoms with Crippen molar-refractivity contribution in [3.63, 3.8) is 0 Å². The molecular weight excluding hydrogens is 360 g/mol. The van der Waals surface area contributed by atoms with Crippen LogP contribution in [0.25, 0.3) is 0 Å². The lowest BCUT2D eigenvalue weighted by molar-refractivity contribution is 0.289. The molecule has 0 radical (unpaired) electrons. The average Bonchev–Trinajstić information content (AvgIpc) is 2.99. The average molecular weight is 385 g/mol. The highest BCUT2D eigenvalue weighted by atomic mass is 32.2. The summed E-state index contributed by atoms with van der Waals surface area (Å²) < 4.78 is 12.8. The Kier molecular flexibility index (Phi) is 5.91. The molecule has 0 aliphatic carbocycles. The zero-order chi connectivity index (χ0) is 19.4. The van der Waals surface area contributed by atoms with Crippen LogP contribution in [0, 0.1) is 20.8 Å². The van der Waals surface area contributed by atoms with Crippen molar-refractivity contribution in [1.29, 1.82) is 0 Å². The molecule has 6 nitrogen and oxygen atoms in total. The molecule has 27 heavy (non-hydrogen) atoms. The molecule has 1 aromatic heterocycles. The first-order valence-corrected chi connectivity index (χ1v) is 9.62. The van der Waals surface area contributed by atoms with Crippen molar-refractivity contribution < 1.29 is 9.47 Å². The number of hydrogen-bond donors (Lipinski definition) is 1. The summed E-state index contributed by atoms with van der Waals surface area (Å²) in [6.45, 7) is 6.40. The molecule has 7 heteroatoms. The minimum atomic E-state index is 0.266. The molecule has 3 rings (SSSR count). The predicted octanol–water partition coefficient (Wildman–Crippen LogP) is 3.80. The smallest absolute Gasteiger partial charge is 0.210 e. The first-order chi connectivity index (χ1) is 13.0. The molecule has 0 atom stereocenters. The maximum Gasteiger partial charge on any atom is 0.210 e. The number of aryl methyl sites for hydroxylation is 3. The van der Waals surface area contributed by atoms with Crippen LogP contribution in [0.3, 0.4) is 0 Å². The van der Waals surface area contributed by atoms with Gasteiger partial charge in [0.25, 0.3) is 0 Å². The summed E-state index contributed by atoms with van der Waals surface area (Å²) in [6.07, 6.45) is 0. The van der Waals surface area contributed by atoms with E-state index >= 15 is 0 Å². The summed E-state index contributed by atoms with van der Waals surface area (Å²) in [4.78, 5) is 0. The summed E-state index contributed by atoms with van der Waals surface area (Å²) >= 11 is 1.51. The van der Waals surface area contributed by atoms with Crippen LogP contribution < -0.4 is 15.3 Å². The Labute approximate surface area is 163 Å². The molecule has 0 fully saturated rings. The Morgan fingerprint density at radius 3 is 2.41 bits per heavy atom. The number of hydrogen-bond acceptors (Lipinski definition) is 6. The summed E-state index contributed by atoms with van der Waals surface area (Å²) in [5.74, 6) is 9.10. The zero-order valence-electron chi connectivity index (χ0n) is 16.0. The van der Waals surface area contributed by atoms with Crippen molar-refractivity contribution in [1.82, 2.24) is 14.9 Å². The van der Waals surface area contributed by atoms with Crippen LogP contribution in [0.15, 0.2) is 41.6 Å². The maximum absolute atomic E-state index is 6.15. The van der Waals surface area contributed by atoms with E-state index in [1.165, 1.54) is 27.6 Å². The van der Waals surface area contributed by atoms with E-state index < -0.39 is 0 Å². The van der Waals surface area contributed by atoms with Crippen LogP contribution in [-0.4, -0.2) is 22.0 Å². The Hall–Kier alpha value is -2.67. The second-order valence-corrected chi connectivity index (χ2v) is 7.37. The van der Waals surface area contributed by atoms with Crippen LogP contribution in [-0.2, 0) is 12.4 Å². The van der Waals surface area contributed by atoms with Crippen molar-refractivity contribution in [2.24, 2.45) is 0 Å². The van der Waals surface area contributed by atoms with Crippen molar-refractivity contribution in [3.8, 4) is 11.5 Å². The van der Waals surface area contributed by atoms with Gasteiger partial charge in [0.2, 0.25) is 5.16 Å². The number of thioether (sulfide) groups is 1.